The molecule has 1 fully saturated rings. The molecule has 0 spiro atoms. The zero-order valence-corrected chi connectivity index (χ0v) is 12.4. The molecule has 1 aliphatic carbocycles. The van der Waals surface area contributed by atoms with Gasteiger partial charge in [0.05, 0.1) is 0 Å². The summed E-state index contributed by atoms with van der Waals surface area (Å²) in [6.45, 7) is 5.42. The molecule has 0 saturated heterocycles. The van der Waals surface area contributed by atoms with E-state index in [0.717, 1.165) is 12.5 Å². The third-order valence-electron chi connectivity index (χ3n) is 3.72. The Bertz CT molecular complexity index is 349. The van der Waals surface area contributed by atoms with Crippen molar-refractivity contribution in [2.24, 2.45) is 5.92 Å². The van der Waals surface area contributed by atoms with Gasteiger partial charge in [0, 0.05) is 10.5 Å². The number of nitrogens with one attached hydrogen (secondary N) is 1. The van der Waals surface area contributed by atoms with Gasteiger partial charge in [0.2, 0.25) is 0 Å². The van der Waals surface area contributed by atoms with Crippen LogP contribution in [-0.4, -0.2) is 6.54 Å². The van der Waals surface area contributed by atoms with E-state index in [1.165, 1.54) is 41.3 Å². The molecule has 0 bridgehead atoms. The summed E-state index contributed by atoms with van der Waals surface area (Å²) in [6.07, 6.45) is 5.56. The number of rotatable bonds is 4. The predicted octanol–water partition coefficient (Wildman–Crippen LogP) is 4.60. The van der Waals surface area contributed by atoms with Crippen LogP contribution in [-0.2, 0) is 0 Å². The first kappa shape index (κ1) is 13.1. The van der Waals surface area contributed by atoms with Gasteiger partial charge in [-0.1, -0.05) is 41.8 Å². The second-order valence-electron chi connectivity index (χ2n) is 5.14. The zero-order valence-electron chi connectivity index (χ0n) is 10.8. The number of hydrogen-bond acceptors (Lipinski definition) is 1. The molecular weight excluding hydrogens is 274 g/mol. The summed E-state index contributed by atoms with van der Waals surface area (Å²) in [6, 6.07) is 7.33. The van der Waals surface area contributed by atoms with E-state index < -0.39 is 0 Å². The van der Waals surface area contributed by atoms with Crippen LogP contribution in [0.2, 0.25) is 0 Å². The average molecular weight is 296 g/mol. The van der Waals surface area contributed by atoms with Gasteiger partial charge in [-0.3, -0.25) is 0 Å². The molecule has 1 aromatic carbocycles. The summed E-state index contributed by atoms with van der Waals surface area (Å²) in [4.78, 5) is 0. The Morgan fingerprint density at radius 2 is 2.00 bits per heavy atom. The van der Waals surface area contributed by atoms with Crippen molar-refractivity contribution in [3.8, 4) is 0 Å². The highest BCUT2D eigenvalue weighted by Gasteiger charge is 2.25. The molecule has 0 aromatic heterocycles. The Morgan fingerprint density at radius 3 is 2.59 bits per heavy atom. The van der Waals surface area contributed by atoms with E-state index >= 15 is 0 Å². The Hall–Kier alpha value is -0.340. The van der Waals surface area contributed by atoms with Gasteiger partial charge < -0.3 is 5.32 Å². The van der Waals surface area contributed by atoms with Gasteiger partial charge in [-0.05, 0) is 55.5 Å². The minimum Gasteiger partial charge on any atom is -0.310 e. The van der Waals surface area contributed by atoms with E-state index in [2.05, 4.69) is 53.3 Å². The molecule has 1 saturated carbocycles. The molecule has 0 radical (unpaired) electrons. The van der Waals surface area contributed by atoms with Crippen LogP contribution in [0.3, 0.4) is 0 Å². The van der Waals surface area contributed by atoms with Crippen molar-refractivity contribution in [2.75, 3.05) is 6.54 Å². The highest BCUT2D eigenvalue weighted by Crippen LogP contribution is 2.36. The van der Waals surface area contributed by atoms with Crippen molar-refractivity contribution in [1.29, 1.82) is 0 Å². The topological polar surface area (TPSA) is 12.0 Å². The fourth-order valence-corrected chi connectivity index (χ4v) is 3.64. The number of halogens is 1. The maximum atomic E-state index is 3.67. The summed E-state index contributed by atoms with van der Waals surface area (Å²) in [7, 11) is 0. The lowest BCUT2D eigenvalue weighted by molar-refractivity contribution is 0.374. The molecule has 1 nitrogen and oxygen atoms in total. The number of aryl methyl sites for hydroxylation is 1. The van der Waals surface area contributed by atoms with E-state index in [0.29, 0.717) is 6.04 Å². The Balaban J connectivity index is 2.24. The van der Waals surface area contributed by atoms with E-state index in [9.17, 15) is 0 Å². The molecule has 1 unspecified atom stereocenters. The monoisotopic (exact) mass is 295 g/mol. The molecule has 17 heavy (non-hydrogen) atoms. The lowest BCUT2D eigenvalue weighted by Gasteiger charge is -2.25. The highest BCUT2D eigenvalue weighted by atomic mass is 79.9. The molecule has 94 valence electrons. The van der Waals surface area contributed by atoms with Crippen LogP contribution in [0.25, 0.3) is 0 Å². The third kappa shape index (κ3) is 3.32. The van der Waals surface area contributed by atoms with E-state index in [1.807, 2.05) is 0 Å². The van der Waals surface area contributed by atoms with Crippen LogP contribution in [0.1, 0.15) is 49.8 Å². The molecule has 1 aliphatic rings. The molecule has 0 aliphatic heterocycles. The predicted molar refractivity (Wildman–Crippen MR) is 77.3 cm³/mol. The summed E-state index contributed by atoms with van der Waals surface area (Å²) in [5, 5.41) is 3.67. The third-order valence-corrected chi connectivity index (χ3v) is 4.18. The summed E-state index contributed by atoms with van der Waals surface area (Å²) in [5.74, 6) is 0.823. The molecule has 0 amide bonds. The van der Waals surface area contributed by atoms with E-state index in [4.69, 9.17) is 0 Å². The Kier molecular flexibility index (Phi) is 4.63. The first-order valence-corrected chi connectivity index (χ1v) is 7.50. The average Bonchev–Trinajstić information content (AvgIpc) is 2.77. The first-order valence-electron chi connectivity index (χ1n) is 6.71. The lowest BCUT2D eigenvalue weighted by Crippen LogP contribution is -2.27. The van der Waals surface area contributed by atoms with Crippen LogP contribution in [0.4, 0.5) is 0 Å². The van der Waals surface area contributed by atoms with Gasteiger partial charge in [0.15, 0.2) is 0 Å². The standard InChI is InChI=1S/C15H22BrN/c1-3-17-15(12-6-4-5-7-12)13-8-11(2)9-14(16)10-13/h8-10,12,15,17H,3-7H2,1-2H3. The maximum absolute atomic E-state index is 3.67. The fraction of sp³-hybridized carbons (Fsp3) is 0.600. The molecular formula is C15H22BrN. The fourth-order valence-electron chi connectivity index (χ4n) is 3.01. The Morgan fingerprint density at radius 1 is 1.29 bits per heavy atom. The van der Waals surface area contributed by atoms with Crippen LogP contribution < -0.4 is 5.32 Å². The molecule has 1 N–H and O–H groups in total. The van der Waals surface area contributed by atoms with Gasteiger partial charge in [-0.2, -0.15) is 0 Å². The van der Waals surface area contributed by atoms with E-state index in [1.54, 1.807) is 0 Å². The number of hydrogen-bond donors (Lipinski definition) is 1. The normalized spacial score (nSPS) is 18.5. The van der Waals surface area contributed by atoms with Crippen molar-refractivity contribution in [2.45, 2.75) is 45.6 Å². The van der Waals surface area contributed by atoms with Crippen LogP contribution in [0.5, 0.6) is 0 Å². The minimum atomic E-state index is 0.540. The van der Waals surface area contributed by atoms with Gasteiger partial charge in [0.25, 0.3) is 0 Å². The van der Waals surface area contributed by atoms with Crippen molar-refractivity contribution in [3.63, 3.8) is 0 Å². The molecule has 2 rings (SSSR count). The second kappa shape index (κ2) is 6.01. The van der Waals surface area contributed by atoms with Gasteiger partial charge >= 0.3 is 0 Å². The molecule has 0 heterocycles. The highest BCUT2D eigenvalue weighted by molar-refractivity contribution is 9.10. The minimum absolute atomic E-state index is 0.540. The zero-order chi connectivity index (χ0) is 12.3. The lowest BCUT2D eigenvalue weighted by atomic mass is 9.91. The summed E-state index contributed by atoms with van der Waals surface area (Å²) >= 11 is 3.61. The second-order valence-corrected chi connectivity index (χ2v) is 6.06. The number of benzene rings is 1. The smallest absolute Gasteiger partial charge is 0.0349 e. The van der Waals surface area contributed by atoms with Crippen LogP contribution >= 0.6 is 15.9 Å². The van der Waals surface area contributed by atoms with Crippen molar-refractivity contribution in [3.05, 3.63) is 33.8 Å². The van der Waals surface area contributed by atoms with Crippen LogP contribution in [0.15, 0.2) is 22.7 Å². The van der Waals surface area contributed by atoms with Gasteiger partial charge in [0.1, 0.15) is 0 Å². The van der Waals surface area contributed by atoms with Crippen molar-refractivity contribution >= 4 is 15.9 Å². The summed E-state index contributed by atoms with van der Waals surface area (Å²) in [5.41, 5.74) is 2.79. The van der Waals surface area contributed by atoms with Crippen molar-refractivity contribution in [1.82, 2.24) is 5.32 Å². The molecule has 1 atom stereocenters. The van der Waals surface area contributed by atoms with E-state index in [-0.39, 0.29) is 0 Å². The first-order chi connectivity index (χ1) is 8.20. The Labute approximate surface area is 113 Å². The van der Waals surface area contributed by atoms with Crippen LogP contribution in [0, 0.1) is 12.8 Å². The van der Waals surface area contributed by atoms with Gasteiger partial charge in [-0.25, -0.2) is 0 Å². The van der Waals surface area contributed by atoms with Crippen molar-refractivity contribution < 1.29 is 0 Å². The SMILES string of the molecule is CCNC(c1cc(C)cc(Br)c1)C1CCCC1. The molecule has 1 aromatic rings. The molecule has 2 heteroatoms. The maximum Gasteiger partial charge on any atom is 0.0349 e. The van der Waals surface area contributed by atoms with Gasteiger partial charge in [-0.15, -0.1) is 0 Å². The quantitative estimate of drug-likeness (QED) is 0.856. The summed E-state index contributed by atoms with van der Waals surface area (Å²) < 4.78 is 1.20. The largest absolute Gasteiger partial charge is 0.310 e.